The number of pyridine rings is 1. The number of benzene rings is 2. The van der Waals surface area contributed by atoms with Gasteiger partial charge in [0.15, 0.2) is 5.65 Å². The lowest BCUT2D eigenvalue weighted by Gasteiger charge is -2.01. The summed E-state index contributed by atoms with van der Waals surface area (Å²) in [6, 6.07) is 20.7. The number of nitrogens with zero attached hydrogens (tertiary/aromatic N) is 4. The molecule has 5 aromatic rings. The lowest BCUT2D eigenvalue weighted by atomic mass is 10.2. The maximum atomic E-state index is 12.9. The molecule has 3 heterocycles. The number of carboxylic acid groups (broad SMARTS) is 1. The molecule has 0 aliphatic rings. The van der Waals surface area contributed by atoms with Gasteiger partial charge in [-0.2, -0.15) is 4.68 Å². The fraction of sp³-hybridized carbons (Fsp3) is 0. The number of hydrogen-bond acceptors (Lipinski definition) is 4. The normalized spacial score (nSPS) is 11.7. The molecule has 3 aromatic heterocycles. The molecule has 8 heteroatoms. The van der Waals surface area contributed by atoms with Crippen molar-refractivity contribution in [3.63, 3.8) is 0 Å². The molecule has 0 amide bonds. The Balaban J connectivity index is 1.51. The zero-order valence-electron chi connectivity index (χ0n) is 16.5. The van der Waals surface area contributed by atoms with Gasteiger partial charge in [-0.05, 0) is 47.4 Å². The third kappa shape index (κ3) is 3.27. The standard InChI is InChI=1S/C24H14N4O3S/c1-25-20(23(29)30)14-18-10-11-21(32-18)16-6-8-17(9-7-16)28-24(31)27-13-12-15-4-2-3-5-19(15)22(27)26-28/h2-14H,(H,29,30)/b20-14+. The van der Waals surface area contributed by atoms with Gasteiger partial charge in [-0.3, -0.25) is 4.79 Å². The largest absolute Gasteiger partial charge is 0.486 e. The summed E-state index contributed by atoms with van der Waals surface area (Å²) in [4.78, 5) is 28.6. The van der Waals surface area contributed by atoms with E-state index >= 15 is 0 Å². The van der Waals surface area contributed by atoms with Crippen LogP contribution >= 0.6 is 11.3 Å². The van der Waals surface area contributed by atoms with Crippen LogP contribution in [0.25, 0.3) is 43.5 Å². The summed E-state index contributed by atoms with van der Waals surface area (Å²) in [5.41, 5.74) is 1.58. The Labute approximate surface area is 185 Å². The van der Waals surface area contributed by atoms with Gasteiger partial charge in [0.2, 0.25) is 0 Å². The second-order valence-electron chi connectivity index (χ2n) is 6.99. The third-order valence-electron chi connectivity index (χ3n) is 5.06. The van der Waals surface area contributed by atoms with Crippen molar-refractivity contribution in [3.8, 4) is 16.1 Å². The molecular formula is C24H14N4O3S. The summed E-state index contributed by atoms with van der Waals surface area (Å²) < 4.78 is 2.91. The van der Waals surface area contributed by atoms with Gasteiger partial charge in [0.25, 0.3) is 5.70 Å². The van der Waals surface area contributed by atoms with Crippen molar-refractivity contribution in [2.24, 2.45) is 0 Å². The van der Waals surface area contributed by atoms with E-state index in [0.717, 1.165) is 21.2 Å². The average molecular weight is 438 g/mol. The van der Waals surface area contributed by atoms with Crippen molar-refractivity contribution in [2.45, 2.75) is 0 Å². The Hall–Kier alpha value is -4.48. The number of aromatic nitrogens is 3. The molecule has 0 saturated heterocycles. The summed E-state index contributed by atoms with van der Waals surface area (Å²) in [5, 5.41) is 15.5. The minimum absolute atomic E-state index is 0.248. The van der Waals surface area contributed by atoms with Crippen LogP contribution < -0.4 is 5.69 Å². The number of hydrogen-bond donors (Lipinski definition) is 1. The van der Waals surface area contributed by atoms with Gasteiger partial charge >= 0.3 is 11.7 Å². The van der Waals surface area contributed by atoms with E-state index < -0.39 is 5.97 Å². The summed E-state index contributed by atoms with van der Waals surface area (Å²) in [7, 11) is 0. The van der Waals surface area contributed by atoms with Crippen LogP contribution in [0.3, 0.4) is 0 Å². The Morgan fingerprint density at radius 2 is 1.84 bits per heavy atom. The molecule has 0 fully saturated rings. The van der Waals surface area contributed by atoms with E-state index in [2.05, 4.69) is 9.94 Å². The highest BCUT2D eigenvalue weighted by molar-refractivity contribution is 7.16. The first-order valence-electron chi connectivity index (χ1n) is 9.57. The van der Waals surface area contributed by atoms with Crippen molar-refractivity contribution in [1.82, 2.24) is 14.2 Å². The number of carboxylic acids is 1. The van der Waals surface area contributed by atoms with Gasteiger partial charge in [-0.25, -0.2) is 14.0 Å². The van der Waals surface area contributed by atoms with Gasteiger partial charge in [-0.1, -0.05) is 36.4 Å². The van der Waals surface area contributed by atoms with Crippen molar-refractivity contribution in [3.05, 3.63) is 105 Å². The molecule has 154 valence electrons. The summed E-state index contributed by atoms with van der Waals surface area (Å²) in [5.74, 6) is -1.25. The van der Waals surface area contributed by atoms with E-state index in [0.29, 0.717) is 16.2 Å². The number of rotatable bonds is 4. The summed E-state index contributed by atoms with van der Waals surface area (Å²) in [6.07, 6.45) is 3.09. The van der Waals surface area contributed by atoms with Crippen LogP contribution in [0.4, 0.5) is 0 Å². The smallest absolute Gasteiger partial charge is 0.355 e. The quantitative estimate of drug-likeness (QED) is 0.325. The molecule has 0 spiro atoms. The fourth-order valence-corrected chi connectivity index (χ4v) is 4.44. The summed E-state index contributed by atoms with van der Waals surface area (Å²) >= 11 is 1.39. The average Bonchev–Trinajstić information content (AvgIpc) is 3.42. The second-order valence-corrected chi connectivity index (χ2v) is 8.10. The van der Waals surface area contributed by atoms with E-state index in [9.17, 15) is 9.59 Å². The van der Waals surface area contributed by atoms with Crippen molar-refractivity contribution < 1.29 is 9.90 Å². The molecule has 1 N–H and O–H groups in total. The van der Waals surface area contributed by atoms with Crippen LogP contribution in [0.2, 0.25) is 0 Å². The van der Waals surface area contributed by atoms with Crippen LogP contribution in [0.15, 0.2) is 83.4 Å². The molecule has 2 aromatic carbocycles. The molecule has 0 aliphatic heterocycles. The van der Waals surface area contributed by atoms with Crippen LogP contribution in [0, 0.1) is 6.57 Å². The molecule has 32 heavy (non-hydrogen) atoms. The Kier molecular flexibility index (Phi) is 4.66. The topological polar surface area (TPSA) is 81.0 Å². The third-order valence-corrected chi connectivity index (χ3v) is 6.14. The SMILES string of the molecule is [C-]#[N+]/C(=C/c1ccc(-c2ccc(-n3nc4c5ccccc5ccn4c3=O)cc2)s1)C(=O)O. The molecule has 0 saturated carbocycles. The van der Waals surface area contributed by atoms with E-state index in [1.165, 1.54) is 26.5 Å². The maximum Gasteiger partial charge on any atom is 0.355 e. The molecule has 0 radical (unpaired) electrons. The number of aliphatic carboxylic acids is 1. The fourth-order valence-electron chi connectivity index (χ4n) is 3.49. The maximum absolute atomic E-state index is 12.9. The predicted octanol–water partition coefficient (Wildman–Crippen LogP) is 4.71. The zero-order chi connectivity index (χ0) is 22.2. The van der Waals surface area contributed by atoms with Crippen molar-refractivity contribution in [2.75, 3.05) is 0 Å². The minimum atomic E-state index is -1.25. The predicted molar refractivity (Wildman–Crippen MR) is 124 cm³/mol. The van der Waals surface area contributed by atoms with Crippen LogP contribution in [0.1, 0.15) is 4.88 Å². The Bertz CT molecular complexity index is 1630. The summed E-state index contributed by atoms with van der Waals surface area (Å²) in [6.45, 7) is 6.96. The zero-order valence-corrected chi connectivity index (χ0v) is 17.3. The van der Waals surface area contributed by atoms with Crippen LogP contribution in [-0.2, 0) is 4.79 Å². The lowest BCUT2D eigenvalue weighted by Crippen LogP contribution is -2.19. The highest BCUT2D eigenvalue weighted by Gasteiger charge is 2.12. The molecule has 5 rings (SSSR count). The van der Waals surface area contributed by atoms with Gasteiger partial charge in [0, 0.05) is 21.3 Å². The van der Waals surface area contributed by atoms with Gasteiger partial charge in [0.1, 0.15) is 0 Å². The highest BCUT2D eigenvalue weighted by Crippen LogP contribution is 2.30. The van der Waals surface area contributed by atoms with Crippen LogP contribution in [0.5, 0.6) is 0 Å². The molecule has 0 unspecified atom stereocenters. The van der Waals surface area contributed by atoms with E-state index in [-0.39, 0.29) is 11.4 Å². The lowest BCUT2D eigenvalue weighted by molar-refractivity contribution is -0.132. The van der Waals surface area contributed by atoms with Crippen molar-refractivity contribution >= 4 is 39.8 Å². The van der Waals surface area contributed by atoms with E-state index in [4.69, 9.17) is 11.7 Å². The van der Waals surface area contributed by atoms with Crippen molar-refractivity contribution in [1.29, 1.82) is 0 Å². The number of fused-ring (bicyclic) bond motifs is 3. The van der Waals surface area contributed by atoms with E-state index in [1.807, 2.05) is 60.7 Å². The Morgan fingerprint density at radius 3 is 2.59 bits per heavy atom. The molecule has 0 atom stereocenters. The highest BCUT2D eigenvalue weighted by atomic mass is 32.1. The molecular weight excluding hydrogens is 424 g/mol. The molecule has 0 aliphatic carbocycles. The monoisotopic (exact) mass is 438 g/mol. The first kappa shape index (κ1) is 19.5. The minimum Gasteiger partial charge on any atom is -0.486 e. The van der Waals surface area contributed by atoms with Gasteiger partial charge in [-0.15, -0.1) is 16.4 Å². The van der Waals surface area contributed by atoms with Gasteiger partial charge < -0.3 is 5.11 Å². The van der Waals surface area contributed by atoms with E-state index in [1.54, 1.807) is 12.3 Å². The second kappa shape index (κ2) is 7.65. The Morgan fingerprint density at radius 1 is 1.06 bits per heavy atom. The first-order valence-corrected chi connectivity index (χ1v) is 10.4. The van der Waals surface area contributed by atoms with Gasteiger partial charge in [0.05, 0.1) is 12.3 Å². The number of thiophene rings is 1. The molecule has 7 nitrogen and oxygen atoms in total. The molecule has 0 bridgehead atoms. The number of carbonyl (C=O) groups is 1. The first-order chi connectivity index (χ1) is 15.5. The van der Waals surface area contributed by atoms with Crippen LogP contribution in [-0.4, -0.2) is 25.3 Å².